The Labute approximate surface area is 114 Å². The average Bonchev–Trinajstić information content (AvgIpc) is 2.44. The lowest BCUT2D eigenvalue weighted by Crippen LogP contribution is -2.45. The SMILES string of the molecule is CN(C)CCC1(C)CN(C)C(=O)c2cccnc2O1. The van der Waals surface area contributed by atoms with E-state index in [4.69, 9.17) is 4.74 Å². The number of ether oxygens (including phenoxy) is 1. The summed E-state index contributed by atoms with van der Waals surface area (Å²) in [5.41, 5.74) is 0.132. The Hall–Kier alpha value is -1.62. The van der Waals surface area contributed by atoms with Gasteiger partial charge in [-0.1, -0.05) is 0 Å². The summed E-state index contributed by atoms with van der Waals surface area (Å²) < 4.78 is 6.04. The van der Waals surface area contributed by atoms with E-state index in [2.05, 4.69) is 9.88 Å². The minimum atomic E-state index is -0.408. The third kappa shape index (κ3) is 3.04. The fourth-order valence-electron chi connectivity index (χ4n) is 2.27. The van der Waals surface area contributed by atoms with Crippen molar-refractivity contribution < 1.29 is 9.53 Å². The van der Waals surface area contributed by atoms with E-state index in [0.29, 0.717) is 18.0 Å². The molecule has 0 bridgehead atoms. The molecule has 1 aromatic heterocycles. The lowest BCUT2D eigenvalue weighted by Gasteiger charge is -2.32. The Balaban J connectivity index is 2.29. The highest BCUT2D eigenvalue weighted by Gasteiger charge is 2.35. The van der Waals surface area contributed by atoms with Crippen LogP contribution in [0.2, 0.25) is 0 Å². The van der Waals surface area contributed by atoms with Crippen LogP contribution in [0.3, 0.4) is 0 Å². The van der Waals surface area contributed by atoms with Gasteiger partial charge in [0.2, 0.25) is 5.88 Å². The number of fused-ring (bicyclic) bond motifs is 1. The molecule has 0 saturated heterocycles. The van der Waals surface area contributed by atoms with Crippen molar-refractivity contribution in [2.75, 3.05) is 34.2 Å². The quantitative estimate of drug-likeness (QED) is 0.823. The second-order valence-corrected chi connectivity index (χ2v) is 5.62. The number of carbonyl (C=O) groups is 1. The lowest BCUT2D eigenvalue weighted by molar-refractivity contribution is 0.0399. The molecule has 0 spiro atoms. The number of rotatable bonds is 3. The van der Waals surface area contributed by atoms with Crippen molar-refractivity contribution in [2.45, 2.75) is 18.9 Å². The number of carbonyl (C=O) groups excluding carboxylic acids is 1. The summed E-state index contributed by atoms with van der Waals surface area (Å²) >= 11 is 0. The molecule has 0 saturated carbocycles. The van der Waals surface area contributed by atoms with Crippen LogP contribution in [-0.2, 0) is 0 Å². The van der Waals surface area contributed by atoms with Crippen LogP contribution in [0.4, 0.5) is 0 Å². The first-order valence-corrected chi connectivity index (χ1v) is 6.45. The van der Waals surface area contributed by atoms with Gasteiger partial charge in [-0.15, -0.1) is 0 Å². The molecule has 2 heterocycles. The fourth-order valence-corrected chi connectivity index (χ4v) is 2.27. The predicted octanol–water partition coefficient (Wildman–Crippen LogP) is 1.26. The highest BCUT2D eigenvalue weighted by atomic mass is 16.5. The van der Waals surface area contributed by atoms with Gasteiger partial charge in [0.15, 0.2) is 0 Å². The van der Waals surface area contributed by atoms with E-state index in [1.54, 1.807) is 23.2 Å². The Morgan fingerprint density at radius 2 is 2.26 bits per heavy atom. The van der Waals surface area contributed by atoms with Gasteiger partial charge in [0, 0.05) is 26.2 Å². The lowest BCUT2D eigenvalue weighted by atomic mass is 10.0. The van der Waals surface area contributed by atoms with Gasteiger partial charge in [0.25, 0.3) is 5.91 Å². The molecule has 0 radical (unpaired) electrons. The van der Waals surface area contributed by atoms with E-state index >= 15 is 0 Å². The first-order chi connectivity index (χ1) is 8.91. The number of amides is 1. The molecule has 19 heavy (non-hydrogen) atoms. The molecule has 1 aromatic rings. The molecule has 2 rings (SSSR count). The molecule has 5 heteroatoms. The zero-order valence-electron chi connectivity index (χ0n) is 12.0. The molecule has 5 nitrogen and oxygen atoms in total. The maximum atomic E-state index is 12.3. The van der Waals surface area contributed by atoms with E-state index in [9.17, 15) is 4.79 Å². The van der Waals surface area contributed by atoms with Gasteiger partial charge < -0.3 is 14.5 Å². The van der Waals surface area contributed by atoms with Crippen molar-refractivity contribution in [3.8, 4) is 5.88 Å². The fraction of sp³-hybridized carbons (Fsp3) is 0.571. The molecule has 1 amide bonds. The van der Waals surface area contributed by atoms with Crippen molar-refractivity contribution in [1.29, 1.82) is 0 Å². The summed E-state index contributed by atoms with van der Waals surface area (Å²) in [6, 6.07) is 3.52. The second kappa shape index (κ2) is 5.17. The highest BCUT2D eigenvalue weighted by Crippen LogP contribution is 2.28. The molecular weight excluding hydrogens is 242 g/mol. The number of likely N-dealkylation sites (N-methyl/N-ethyl adjacent to an activating group) is 1. The van der Waals surface area contributed by atoms with Crippen molar-refractivity contribution in [2.24, 2.45) is 0 Å². The summed E-state index contributed by atoms with van der Waals surface area (Å²) in [6.45, 7) is 3.50. The van der Waals surface area contributed by atoms with E-state index in [1.807, 2.05) is 28.1 Å². The normalized spacial score (nSPS) is 23.0. The van der Waals surface area contributed by atoms with Crippen LogP contribution in [0.5, 0.6) is 5.88 Å². The largest absolute Gasteiger partial charge is 0.469 e. The van der Waals surface area contributed by atoms with Gasteiger partial charge in [-0.2, -0.15) is 0 Å². The molecule has 1 aliphatic heterocycles. The third-order valence-electron chi connectivity index (χ3n) is 3.35. The topological polar surface area (TPSA) is 45.7 Å². The minimum absolute atomic E-state index is 0.0309. The first kappa shape index (κ1) is 13.8. The molecule has 0 fully saturated rings. The van der Waals surface area contributed by atoms with Gasteiger partial charge in [0.05, 0.1) is 6.54 Å². The number of aromatic nitrogens is 1. The smallest absolute Gasteiger partial charge is 0.259 e. The third-order valence-corrected chi connectivity index (χ3v) is 3.35. The highest BCUT2D eigenvalue weighted by molar-refractivity contribution is 5.96. The molecule has 1 atom stereocenters. The molecule has 0 N–H and O–H groups in total. The van der Waals surface area contributed by atoms with Crippen LogP contribution in [0, 0.1) is 0 Å². The monoisotopic (exact) mass is 263 g/mol. The minimum Gasteiger partial charge on any atom is -0.469 e. The first-order valence-electron chi connectivity index (χ1n) is 6.45. The maximum Gasteiger partial charge on any atom is 0.259 e. The van der Waals surface area contributed by atoms with Crippen molar-refractivity contribution in [3.63, 3.8) is 0 Å². The Bertz CT molecular complexity index is 476. The van der Waals surface area contributed by atoms with E-state index in [0.717, 1.165) is 13.0 Å². The maximum absolute atomic E-state index is 12.3. The predicted molar refractivity (Wildman–Crippen MR) is 73.4 cm³/mol. The van der Waals surface area contributed by atoms with Crippen molar-refractivity contribution in [3.05, 3.63) is 23.9 Å². The average molecular weight is 263 g/mol. The number of nitrogens with zero attached hydrogens (tertiary/aromatic N) is 3. The van der Waals surface area contributed by atoms with Crippen LogP contribution >= 0.6 is 0 Å². The molecule has 1 unspecified atom stereocenters. The molecule has 104 valence electrons. The number of hydrogen-bond donors (Lipinski definition) is 0. The van der Waals surface area contributed by atoms with Crippen LogP contribution in [-0.4, -0.2) is 60.5 Å². The van der Waals surface area contributed by atoms with Gasteiger partial charge in [-0.05, 0) is 33.2 Å². The Morgan fingerprint density at radius 3 is 2.95 bits per heavy atom. The molecule has 0 aromatic carbocycles. The number of pyridine rings is 1. The van der Waals surface area contributed by atoms with Gasteiger partial charge in [-0.3, -0.25) is 4.79 Å². The Morgan fingerprint density at radius 1 is 1.53 bits per heavy atom. The van der Waals surface area contributed by atoms with E-state index < -0.39 is 5.60 Å². The summed E-state index contributed by atoms with van der Waals surface area (Å²) in [6.07, 6.45) is 2.50. The standard InChI is InChI=1S/C14H21N3O2/c1-14(7-9-16(2)3)10-17(4)13(18)11-6-5-8-15-12(11)19-14/h5-6,8H,7,9-10H2,1-4H3. The van der Waals surface area contributed by atoms with Gasteiger partial charge >= 0.3 is 0 Å². The van der Waals surface area contributed by atoms with Crippen molar-refractivity contribution in [1.82, 2.24) is 14.8 Å². The summed E-state index contributed by atoms with van der Waals surface area (Å²) in [5, 5.41) is 0. The zero-order chi connectivity index (χ0) is 14.0. The van der Waals surface area contributed by atoms with Gasteiger partial charge in [0.1, 0.15) is 11.2 Å². The van der Waals surface area contributed by atoms with Crippen LogP contribution in [0.25, 0.3) is 0 Å². The van der Waals surface area contributed by atoms with E-state index in [-0.39, 0.29) is 5.91 Å². The van der Waals surface area contributed by atoms with Crippen molar-refractivity contribution >= 4 is 5.91 Å². The Kier molecular flexibility index (Phi) is 3.75. The summed E-state index contributed by atoms with van der Waals surface area (Å²) in [5.74, 6) is 0.412. The van der Waals surface area contributed by atoms with Crippen LogP contribution in [0.1, 0.15) is 23.7 Å². The van der Waals surface area contributed by atoms with E-state index in [1.165, 1.54) is 0 Å². The summed E-state index contributed by atoms with van der Waals surface area (Å²) in [7, 11) is 5.87. The van der Waals surface area contributed by atoms with Crippen LogP contribution < -0.4 is 4.74 Å². The van der Waals surface area contributed by atoms with Gasteiger partial charge in [-0.25, -0.2) is 4.98 Å². The second-order valence-electron chi connectivity index (χ2n) is 5.62. The molecule has 0 aliphatic carbocycles. The van der Waals surface area contributed by atoms with Crippen LogP contribution in [0.15, 0.2) is 18.3 Å². The molecule has 1 aliphatic rings. The molecular formula is C14H21N3O2. The number of hydrogen-bond acceptors (Lipinski definition) is 4. The summed E-state index contributed by atoms with van der Waals surface area (Å²) in [4.78, 5) is 20.3. The zero-order valence-corrected chi connectivity index (χ0v) is 12.0.